The Balaban J connectivity index is 2.06. The van der Waals surface area contributed by atoms with Gasteiger partial charge in [0.1, 0.15) is 5.78 Å². The van der Waals surface area contributed by atoms with Gasteiger partial charge in [-0.2, -0.15) is 4.98 Å². The fourth-order valence-corrected chi connectivity index (χ4v) is 3.75. The van der Waals surface area contributed by atoms with E-state index in [1.54, 1.807) is 11.4 Å². The van der Waals surface area contributed by atoms with Crippen molar-refractivity contribution in [1.29, 1.82) is 0 Å². The third-order valence-electron chi connectivity index (χ3n) is 5.12. The Morgan fingerprint density at radius 1 is 1.18 bits per heavy atom. The number of carbonyl (C=O) groups excluding carboxylic acids is 1. The summed E-state index contributed by atoms with van der Waals surface area (Å²) in [4.78, 5) is 41.7. The van der Waals surface area contributed by atoms with E-state index < -0.39 is 11.2 Å². The van der Waals surface area contributed by atoms with E-state index >= 15 is 0 Å². The van der Waals surface area contributed by atoms with Crippen molar-refractivity contribution < 1.29 is 4.79 Å². The molecule has 0 aliphatic rings. The van der Waals surface area contributed by atoms with Crippen LogP contribution in [-0.2, 0) is 18.4 Å². The van der Waals surface area contributed by atoms with Crippen molar-refractivity contribution in [2.24, 2.45) is 7.05 Å². The summed E-state index contributed by atoms with van der Waals surface area (Å²) < 4.78 is 6.03. The average Bonchev–Trinajstić information content (AvgIpc) is 3.18. The van der Waals surface area contributed by atoms with Crippen molar-refractivity contribution >= 4 is 22.7 Å². The lowest BCUT2D eigenvalue weighted by molar-refractivity contribution is -0.117. The number of hydrogen-bond donors (Lipinski definition) is 0. The first-order chi connectivity index (χ1) is 13.3. The van der Waals surface area contributed by atoms with Crippen LogP contribution in [0.2, 0.25) is 0 Å². The van der Waals surface area contributed by atoms with Gasteiger partial charge in [0.25, 0.3) is 5.56 Å². The van der Waals surface area contributed by atoms with Gasteiger partial charge >= 0.3 is 5.69 Å². The molecule has 0 radical (unpaired) electrons. The Kier molecular flexibility index (Phi) is 4.06. The highest BCUT2D eigenvalue weighted by Gasteiger charge is 2.22. The van der Waals surface area contributed by atoms with Gasteiger partial charge in [0, 0.05) is 18.9 Å². The molecule has 1 atom stereocenters. The third-order valence-corrected chi connectivity index (χ3v) is 5.12. The molecule has 4 rings (SSSR count). The molecule has 0 N–H and O–H groups in total. The molecule has 0 saturated heterocycles. The fourth-order valence-electron chi connectivity index (χ4n) is 3.75. The van der Waals surface area contributed by atoms with Gasteiger partial charge in [0.2, 0.25) is 5.78 Å². The summed E-state index contributed by atoms with van der Waals surface area (Å²) >= 11 is 0. The Labute approximate surface area is 160 Å². The molecule has 0 saturated carbocycles. The molecule has 8 heteroatoms. The molecule has 0 spiro atoms. The normalized spacial score (nSPS) is 12.7. The Bertz CT molecular complexity index is 1340. The summed E-state index contributed by atoms with van der Waals surface area (Å²) in [6, 6.07) is 10.00. The summed E-state index contributed by atoms with van der Waals surface area (Å²) in [6.07, 6.45) is 1.84. The van der Waals surface area contributed by atoms with E-state index in [4.69, 9.17) is 0 Å². The molecule has 28 heavy (non-hydrogen) atoms. The van der Waals surface area contributed by atoms with Crippen molar-refractivity contribution in [2.75, 3.05) is 0 Å². The minimum absolute atomic E-state index is 0.00742. The predicted octanol–water partition coefficient (Wildman–Crippen LogP) is 1.66. The molecular formula is C20H21N5O3. The van der Waals surface area contributed by atoms with E-state index in [1.165, 1.54) is 11.5 Å². The Morgan fingerprint density at radius 3 is 2.50 bits per heavy atom. The largest absolute Gasteiger partial charge is 0.332 e. The molecule has 144 valence electrons. The SMILES string of the molecule is CC(=O)Cn1c(=O)c2c(nc3n([C@H](C)c4ccccc4)c(C)cn23)n(C)c1=O. The smallest absolute Gasteiger partial charge is 0.307 e. The highest BCUT2D eigenvalue weighted by atomic mass is 16.2. The van der Waals surface area contributed by atoms with E-state index in [2.05, 4.69) is 11.9 Å². The standard InChI is InChI=1S/C20H21N5O3/c1-12-10-23-16-17(22(4)20(28)24(18(16)27)11-13(2)26)21-19(23)25(12)14(3)15-8-6-5-7-9-15/h5-10,14H,11H2,1-4H3/t14-/m1/s1. The second-order valence-electron chi connectivity index (χ2n) is 7.12. The van der Waals surface area contributed by atoms with Crippen LogP contribution >= 0.6 is 0 Å². The zero-order chi connectivity index (χ0) is 20.2. The van der Waals surface area contributed by atoms with Gasteiger partial charge in [-0.05, 0) is 26.3 Å². The maximum Gasteiger partial charge on any atom is 0.332 e. The van der Waals surface area contributed by atoms with Crippen LogP contribution < -0.4 is 11.2 Å². The van der Waals surface area contributed by atoms with Gasteiger partial charge in [0.05, 0.1) is 12.6 Å². The van der Waals surface area contributed by atoms with Crippen LogP contribution in [-0.4, -0.2) is 28.9 Å². The summed E-state index contributed by atoms with van der Waals surface area (Å²) in [7, 11) is 1.56. The van der Waals surface area contributed by atoms with E-state index in [0.717, 1.165) is 15.8 Å². The number of Topliss-reactive ketones (excluding diaryl/α,β-unsaturated/α-hetero) is 1. The number of nitrogens with zero attached hydrogens (tertiary/aromatic N) is 5. The van der Waals surface area contributed by atoms with Crippen LogP contribution in [0.4, 0.5) is 0 Å². The molecule has 1 aromatic carbocycles. The lowest BCUT2D eigenvalue weighted by atomic mass is 10.1. The first-order valence-electron chi connectivity index (χ1n) is 9.05. The highest BCUT2D eigenvalue weighted by Crippen LogP contribution is 2.25. The van der Waals surface area contributed by atoms with Gasteiger partial charge in [-0.3, -0.25) is 23.1 Å². The van der Waals surface area contributed by atoms with Crippen LogP contribution in [0, 0.1) is 6.92 Å². The topological polar surface area (TPSA) is 83.3 Å². The van der Waals surface area contributed by atoms with Gasteiger partial charge < -0.3 is 4.57 Å². The maximum absolute atomic E-state index is 13.0. The number of fused-ring (bicyclic) bond motifs is 3. The van der Waals surface area contributed by atoms with Crippen molar-refractivity contribution in [2.45, 2.75) is 33.4 Å². The number of benzene rings is 1. The highest BCUT2D eigenvalue weighted by molar-refractivity contribution is 5.78. The summed E-state index contributed by atoms with van der Waals surface area (Å²) in [5, 5.41) is 0. The zero-order valence-corrected chi connectivity index (χ0v) is 16.2. The number of aromatic nitrogens is 5. The fraction of sp³-hybridized carbons (Fsp3) is 0.300. The molecule has 0 unspecified atom stereocenters. The molecule has 0 bridgehead atoms. The Hall–Kier alpha value is -3.42. The van der Waals surface area contributed by atoms with Crippen molar-refractivity contribution in [1.82, 2.24) is 23.1 Å². The molecular weight excluding hydrogens is 358 g/mol. The Morgan fingerprint density at radius 2 is 1.86 bits per heavy atom. The number of aryl methyl sites for hydroxylation is 2. The predicted molar refractivity (Wildman–Crippen MR) is 106 cm³/mol. The summed E-state index contributed by atoms with van der Waals surface area (Å²) in [5.74, 6) is 0.322. The first kappa shape index (κ1) is 18.0. The molecule has 3 heterocycles. The van der Waals surface area contributed by atoms with Crippen LogP contribution in [0.3, 0.4) is 0 Å². The summed E-state index contributed by atoms with van der Waals surface area (Å²) in [6.45, 7) is 5.11. The van der Waals surface area contributed by atoms with Crippen molar-refractivity contribution in [3.8, 4) is 0 Å². The first-order valence-corrected chi connectivity index (χ1v) is 9.05. The lowest BCUT2D eigenvalue weighted by Crippen LogP contribution is -2.40. The number of carbonyl (C=O) groups is 1. The second kappa shape index (κ2) is 6.33. The van der Waals surface area contributed by atoms with Gasteiger partial charge in [-0.25, -0.2) is 4.79 Å². The number of rotatable bonds is 4. The molecule has 0 aliphatic carbocycles. The minimum atomic E-state index is -0.548. The third kappa shape index (κ3) is 2.52. The van der Waals surface area contributed by atoms with E-state index in [9.17, 15) is 14.4 Å². The number of ketones is 1. The lowest BCUT2D eigenvalue weighted by Gasteiger charge is -2.16. The number of hydrogen-bond acceptors (Lipinski definition) is 4. The van der Waals surface area contributed by atoms with Crippen molar-refractivity contribution in [3.05, 3.63) is 68.6 Å². The van der Waals surface area contributed by atoms with Gasteiger partial charge in [0.15, 0.2) is 11.2 Å². The second-order valence-corrected chi connectivity index (χ2v) is 7.12. The van der Waals surface area contributed by atoms with Crippen LogP contribution in [0.5, 0.6) is 0 Å². The van der Waals surface area contributed by atoms with Crippen LogP contribution in [0.1, 0.15) is 31.1 Å². The van der Waals surface area contributed by atoms with Crippen molar-refractivity contribution in [3.63, 3.8) is 0 Å². The molecule has 3 aromatic heterocycles. The molecule has 8 nitrogen and oxygen atoms in total. The van der Waals surface area contributed by atoms with E-state index in [0.29, 0.717) is 16.9 Å². The molecule has 0 amide bonds. The van der Waals surface area contributed by atoms with Gasteiger partial charge in [-0.15, -0.1) is 0 Å². The molecule has 0 aliphatic heterocycles. The molecule has 4 aromatic rings. The monoisotopic (exact) mass is 379 g/mol. The zero-order valence-electron chi connectivity index (χ0n) is 16.2. The van der Waals surface area contributed by atoms with E-state index in [1.807, 2.05) is 48.0 Å². The van der Waals surface area contributed by atoms with E-state index in [-0.39, 0.29) is 18.4 Å². The average molecular weight is 379 g/mol. The van der Waals surface area contributed by atoms with Crippen LogP contribution in [0.15, 0.2) is 46.1 Å². The quantitative estimate of drug-likeness (QED) is 0.540. The van der Waals surface area contributed by atoms with Gasteiger partial charge in [-0.1, -0.05) is 30.3 Å². The maximum atomic E-state index is 13.0. The molecule has 0 fully saturated rings. The number of imidazole rings is 2. The summed E-state index contributed by atoms with van der Waals surface area (Å²) in [5.41, 5.74) is 1.59. The minimum Gasteiger partial charge on any atom is -0.307 e. The van der Waals surface area contributed by atoms with Crippen LogP contribution in [0.25, 0.3) is 16.9 Å².